The van der Waals surface area contributed by atoms with Gasteiger partial charge in [-0.3, -0.25) is 4.79 Å². The van der Waals surface area contributed by atoms with E-state index in [2.05, 4.69) is 4.74 Å². The van der Waals surface area contributed by atoms with Crippen LogP contribution >= 0.6 is 0 Å². The third kappa shape index (κ3) is 3.17. The number of nitriles is 1. The van der Waals surface area contributed by atoms with Crippen LogP contribution in [0.25, 0.3) is 0 Å². The fourth-order valence-electron chi connectivity index (χ4n) is 1.10. The fraction of sp³-hybridized carbons (Fsp3) is 0.273. The van der Waals surface area contributed by atoms with Crippen molar-refractivity contribution >= 4 is 11.7 Å². The van der Waals surface area contributed by atoms with E-state index in [1.807, 2.05) is 6.07 Å². The van der Waals surface area contributed by atoms with Crippen LogP contribution in [0.1, 0.15) is 12.0 Å². The molecule has 0 spiro atoms. The van der Waals surface area contributed by atoms with Gasteiger partial charge in [0.25, 0.3) is 0 Å². The molecule has 5 nitrogen and oxygen atoms in total. The van der Waals surface area contributed by atoms with Gasteiger partial charge in [-0.2, -0.15) is 5.26 Å². The molecule has 0 saturated heterocycles. The monoisotopic (exact) mass is 220 g/mol. The van der Waals surface area contributed by atoms with Crippen LogP contribution in [0, 0.1) is 11.3 Å². The number of hydrogen-bond acceptors (Lipinski definition) is 5. The first kappa shape index (κ1) is 11.9. The van der Waals surface area contributed by atoms with E-state index in [1.54, 1.807) is 12.1 Å². The molecule has 16 heavy (non-hydrogen) atoms. The van der Waals surface area contributed by atoms with Gasteiger partial charge in [0.15, 0.2) is 0 Å². The van der Waals surface area contributed by atoms with Crippen LogP contribution in [0.2, 0.25) is 0 Å². The molecule has 0 heterocycles. The molecule has 1 aromatic rings. The highest BCUT2D eigenvalue weighted by Crippen LogP contribution is 2.22. The van der Waals surface area contributed by atoms with E-state index in [4.69, 9.17) is 15.7 Å². The smallest absolute Gasteiger partial charge is 0.308 e. The van der Waals surface area contributed by atoms with Crippen LogP contribution < -0.4 is 10.5 Å². The van der Waals surface area contributed by atoms with Crippen molar-refractivity contribution in [2.24, 2.45) is 0 Å². The van der Waals surface area contributed by atoms with E-state index in [9.17, 15) is 4.79 Å². The van der Waals surface area contributed by atoms with Crippen LogP contribution in [0.4, 0.5) is 5.69 Å². The highest BCUT2D eigenvalue weighted by atomic mass is 16.5. The van der Waals surface area contributed by atoms with Crippen molar-refractivity contribution in [3.8, 4) is 11.8 Å². The first-order chi connectivity index (χ1) is 7.67. The Balaban J connectivity index is 2.55. The number of nitrogens with two attached hydrogens (primary N) is 1. The molecule has 0 aliphatic rings. The minimum Gasteiger partial charge on any atom is -0.491 e. The number of esters is 1. The molecule has 0 aliphatic carbocycles. The quantitative estimate of drug-likeness (QED) is 0.606. The molecule has 0 amide bonds. The third-order valence-electron chi connectivity index (χ3n) is 1.93. The Morgan fingerprint density at radius 2 is 2.31 bits per heavy atom. The molecule has 1 rings (SSSR count). The maximum absolute atomic E-state index is 10.8. The van der Waals surface area contributed by atoms with E-state index in [0.29, 0.717) is 17.0 Å². The second-order valence-electron chi connectivity index (χ2n) is 3.04. The number of ether oxygens (including phenoxy) is 2. The number of carbonyl (C=O) groups excluding carboxylic acids is 1. The summed E-state index contributed by atoms with van der Waals surface area (Å²) in [5.74, 6) is 0.120. The van der Waals surface area contributed by atoms with Crippen molar-refractivity contribution < 1.29 is 14.3 Å². The lowest BCUT2D eigenvalue weighted by molar-refractivity contribution is -0.141. The van der Waals surface area contributed by atoms with Crippen LogP contribution in [0.5, 0.6) is 5.75 Å². The SMILES string of the molecule is COC(=O)CCOc1ccc(C#N)cc1N. The number of carbonyl (C=O) groups is 1. The molecule has 0 aliphatic heterocycles. The van der Waals surface area contributed by atoms with Gasteiger partial charge >= 0.3 is 5.97 Å². The Kier molecular flexibility index (Phi) is 4.16. The minimum absolute atomic E-state index is 0.163. The van der Waals surface area contributed by atoms with E-state index in [0.717, 1.165) is 0 Å². The Morgan fingerprint density at radius 1 is 1.56 bits per heavy atom. The summed E-state index contributed by atoms with van der Waals surface area (Å²) in [6, 6.07) is 6.69. The standard InChI is InChI=1S/C11H12N2O3/c1-15-11(14)4-5-16-10-3-2-8(7-12)6-9(10)13/h2-3,6H,4-5,13H2,1H3. The van der Waals surface area contributed by atoms with Gasteiger partial charge in [-0.05, 0) is 18.2 Å². The molecule has 0 fully saturated rings. The molecule has 0 bridgehead atoms. The van der Waals surface area contributed by atoms with Crippen LogP contribution in [-0.4, -0.2) is 19.7 Å². The molecule has 0 unspecified atom stereocenters. The normalized spacial score (nSPS) is 9.25. The van der Waals surface area contributed by atoms with E-state index in [1.165, 1.54) is 13.2 Å². The van der Waals surface area contributed by atoms with E-state index >= 15 is 0 Å². The first-order valence-corrected chi connectivity index (χ1v) is 4.66. The van der Waals surface area contributed by atoms with E-state index < -0.39 is 0 Å². The summed E-state index contributed by atoms with van der Waals surface area (Å²) in [6.07, 6.45) is 0.163. The number of hydrogen-bond donors (Lipinski definition) is 1. The Bertz CT molecular complexity index is 424. The largest absolute Gasteiger partial charge is 0.491 e. The summed E-state index contributed by atoms with van der Waals surface area (Å²) in [5.41, 5.74) is 6.50. The maximum atomic E-state index is 10.8. The van der Waals surface area contributed by atoms with Crippen molar-refractivity contribution in [1.82, 2.24) is 0 Å². The molecule has 0 saturated carbocycles. The summed E-state index contributed by atoms with van der Waals surface area (Å²) >= 11 is 0. The number of anilines is 1. The van der Waals surface area contributed by atoms with E-state index in [-0.39, 0.29) is 19.0 Å². The molecular formula is C11H12N2O3. The fourth-order valence-corrected chi connectivity index (χ4v) is 1.10. The number of nitrogen functional groups attached to an aromatic ring is 1. The van der Waals surface area contributed by atoms with Gasteiger partial charge < -0.3 is 15.2 Å². The molecule has 0 aromatic heterocycles. The van der Waals surface area contributed by atoms with Crippen LogP contribution in [0.15, 0.2) is 18.2 Å². The number of benzene rings is 1. The van der Waals surface area contributed by atoms with Crippen molar-refractivity contribution in [3.63, 3.8) is 0 Å². The molecule has 0 atom stereocenters. The minimum atomic E-state index is -0.341. The third-order valence-corrected chi connectivity index (χ3v) is 1.93. The van der Waals surface area contributed by atoms with Gasteiger partial charge in [-0.25, -0.2) is 0 Å². The summed E-state index contributed by atoms with van der Waals surface area (Å²) in [4.78, 5) is 10.8. The Morgan fingerprint density at radius 3 is 2.88 bits per heavy atom. The lowest BCUT2D eigenvalue weighted by atomic mass is 10.2. The van der Waals surface area contributed by atoms with Gasteiger partial charge in [-0.1, -0.05) is 0 Å². The zero-order valence-corrected chi connectivity index (χ0v) is 8.90. The van der Waals surface area contributed by atoms with Crippen molar-refractivity contribution in [2.75, 3.05) is 19.5 Å². The lowest BCUT2D eigenvalue weighted by Gasteiger charge is -2.07. The van der Waals surface area contributed by atoms with Crippen molar-refractivity contribution in [3.05, 3.63) is 23.8 Å². The summed E-state index contributed by atoms with van der Waals surface area (Å²) in [6.45, 7) is 0.197. The molecule has 1 aromatic carbocycles. The number of rotatable bonds is 4. The molecule has 0 radical (unpaired) electrons. The summed E-state index contributed by atoms with van der Waals surface area (Å²) in [7, 11) is 1.32. The first-order valence-electron chi connectivity index (χ1n) is 4.66. The molecule has 2 N–H and O–H groups in total. The zero-order valence-electron chi connectivity index (χ0n) is 8.90. The van der Waals surface area contributed by atoms with Crippen LogP contribution in [-0.2, 0) is 9.53 Å². The van der Waals surface area contributed by atoms with Crippen LogP contribution in [0.3, 0.4) is 0 Å². The number of nitrogens with zero attached hydrogens (tertiary/aromatic N) is 1. The average Bonchev–Trinajstić information content (AvgIpc) is 2.30. The predicted octanol–water partition coefficient (Wildman–Crippen LogP) is 1.08. The topological polar surface area (TPSA) is 85.3 Å². The summed E-state index contributed by atoms with van der Waals surface area (Å²) in [5, 5.41) is 8.63. The predicted molar refractivity (Wildman–Crippen MR) is 57.7 cm³/mol. The highest BCUT2D eigenvalue weighted by molar-refractivity contribution is 5.69. The van der Waals surface area contributed by atoms with Gasteiger partial charge in [-0.15, -0.1) is 0 Å². The van der Waals surface area contributed by atoms with Crippen molar-refractivity contribution in [2.45, 2.75) is 6.42 Å². The molecule has 84 valence electrons. The Labute approximate surface area is 93.4 Å². The maximum Gasteiger partial charge on any atom is 0.308 e. The van der Waals surface area contributed by atoms with Gasteiger partial charge in [0.1, 0.15) is 5.75 Å². The van der Waals surface area contributed by atoms with Crippen molar-refractivity contribution in [1.29, 1.82) is 5.26 Å². The second kappa shape index (κ2) is 5.61. The molecular weight excluding hydrogens is 208 g/mol. The summed E-state index contributed by atoms with van der Waals surface area (Å²) < 4.78 is 9.74. The average molecular weight is 220 g/mol. The van der Waals surface area contributed by atoms with Gasteiger partial charge in [0.05, 0.1) is 37.5 Å². The zero-order chi connectivity index (χ0) is 12.0. The Hall–Kier alpha value is -2.22. The number of methoxy groups -OCH3 is 1. The molecule has 5 heteroatoms. The van der Waals surface area contributed by atoms with Gasteiger partial charge in [0.2, 0.25) is 0 Å². The highest BCUT2D eigenvalue weighted by Gasteiger charge is 2.04. The lowest BCUT2D eigenvalue weighted by Crippen LogP contribution is -2.08. The second-order valence-corrected chi connectivity index (χ2v) is 3.04. The van der Waals surface area contributed by atoms with Gasteiger partial charge in [0, 0.05) is 0 Å².